The standard InChI is InChI=1S/C31H30Cl3N7O18S6.Cu.4Na/c32-4-8-60(44,45)10-6-41(7-11-61(46,47)9-5-33)31-37-29(34)36-30(38-31)35-19-14-17(62(48,49)50)12-16-13-23(65(57,58)59)26(28(43)24(16)19)40-39-20-15-22(64(54,55)56)18-2-1-3-21(63(51,52)53)25(18)27(20)42;;;;;/h1-3,12-15,39,42H,4-11H2,(H,48,49,50)(H,51,52,53)(H,54,55,56)(H,57,58,59)(H,35,36,37,38);;;;;/q;;4*+1. The van der Waals surface area contributed by atoms with Gasteiger partial charge in [-0.1, -0.05) is 12.1 Å². The fourth-order valence-electron chi connectivity index (χ4n) is 5.92. The van der Waals surface area contributed by atoms with Crippen LogP contribution >= 0.6 is 34.8 Å². The fraction of sp³-hybridized carbons (Fsp3) is 0.258. The first-order valence-electron chi connectivity index (χ1n) is 17.3. The fourth-order valence-corrected chi connectivity index (χ4v) is 12.0. The molecular formula is C31H30Cl3CuN7Na4O18S6+4. The Hall–Kier alpha value is 0.139. The zero-order valence-corrected chi connectivity index (χ0v) is 52.5. The Kier molecular flexibility index (Phi) is 27.5. The van der Waals surface area contributed by atoms with Gasteiger partial charge in [0, 0.05) is 52.7 Å². The van der Waals surface area contributed by atoms with Crippen molar-refractivity contribution in [2.75, 3.05) is 63.5 Å². The molecule has 5 rings (SSSR count). The molecule has 4 aromatic rings. The van der Waals surface area contributed by atoms with Crippen LogP contribution in [0.1, 0.15) is 15.9 Å². The Balaban J connectivity index is 0.00000952. The third-order valence-corrected chi connectivity index (χ3v) is 16.6. The van der Waals surface area contributed by atoms with Crippen LogP contribution in [-0.4, -0.2) is 148 Å². The van der Waals surface area contributed by atoms with Gasteiger partial charge in [0.15, 0.2) is 25.4 Å². The maximum atomic E-state index is 14.3. The van der Waals surface area contributed by atoms with Crippen LogP contribution in [0.4, 0.5) is 23.3 Å². The van der Waals surface area contributed by atoms with E-state index in [4.69, 9.17) is 34.8 Å². The zero-order chi connectivity index (χ0) is 48.7. The van der Waals surface area contributed by atoms with Crippen LogP contribution in [0.5, 0.6) is 5.75 Å². The number of hydrogen-bond donors (Lipinski definition) is 7. The van der Waals surface area contributed by atoms with Gasteiger partial charge < -0.3 is 15.3 Å². The number of rotatable bonds is 19. The van der Waals surface area contributed by atoms with Gasteiger partial charge in [-0.3, -0.25) is 28.4 Å². The summed E-state index contributed by atoms with van der Waals surface area (Å²) in [6.07, 6.45) is 0.489. The Morgan fingerprint density at radius 3 is 1.70 bits per heavy atom. The van der Waals surface area contributed by atoms with Crippen molar-refractivity contribution in [3.05, 3.63) is 57.7 Å². The van der Waals surface area contributed by atoms with Gasteiger partial charge in [0.2, 0.25) is 23.0 Å². The molecule has 0 unspecified atom stereocenters. The number of carbonyl (C=O) groups is 1. The van der Waals surface area contributed by atoms with Crippen molar-refractivity contribution < 1.29 is 214 Å². The summed E-state index contributed by atoms with van der Waals surface area (Å²) in [6.45, 7) is -0.902. The average molecular weight is 1240 g/mol. The number of fused-ring (bicyclic) bond motifs is 2. The Morgan fingerprint density at radius 1 is 0.671 bits per heavy atom. The second-order valence-electron chi connectivity index (χ2n) is 13.2. The number of sulfone groups is 2. The number of nitrogens with zero attached hydrogens (tertiary/aromatic N) is 5. The van der Waals surface area contributed by atoms with Crippen molar-refractivity contribution in [2.24, 2.45) is 5.10 Å². The number of carbonyl (C=O) groups excluding carboxylic acids is 1. The molecule has 1 radical (unpaired) electrons. The molecule has 0 atom stereocenters. The smallest absolute Gasteiger partial charge is 0.505 e. The molecule has 1 heterocycles. The van der Waals surface area contributed by atoms with Gasteiger partial charge in [-0.2, -0.15) is 53.7 Å². The number of Topliss-reactive ketones (excluding diaryl/α,β-unsaturated/α-hetero) is 1. The zero-order valence-electron chi connectivity index (χ0n) is 36.4. The average Bonchev–Trinajstić information content (AvgIpc) is 3.15. The quantitative estimate of drug-likeness (QED) is 0.0151. The van der Waals surface area contributed by atoms with E-state index in [0.717, 1.165) is 23.1 Å². The van der Waals surface area contributed by atoms with Gasteiger partial charge in [0.1, 0.15) is 20.4 Å². The summed E-state index contributed by atoms with van der Waals surface area (Å²) in [5.41, 5.74) is -2.36. The molecule has 7 N–H and O–H groups in total. The minimum Gasteiger partial charge on any atom is -0.505 e. The molecule has 25 nitrogen and oxygen atoms in total. The van der Waals surface area contributed by atoms with Crippen LogP contribution in [0.3, 0.4) is 0 Å². The molecule has 70 heavy (non-hydrogen) atoms. The van der Waals surface area contributed by atoms with Crippen LogP contribution < -0.4 is 134 Å². The van der Waals surface area contributed by atoms with Crippen molar-refractivity contribution in [2.45, 2.75) is 14.7 Å². The van der Waals surface area contributed by atoms with E-state index < -0.39 is 184 Å². The topological polar surface area (TPSA) is 401 Å². The minimum absolute atomic E-state index is 0. The van der Waals surface area contributed by atoms with E-state index in [1.807, 2.05) is 5.43 Å². The number of phenolic OH excluding ortho intramolecular Hbond substituents is 1. The van der Waals surface area contributed by atoms with E-state index in [0.29, 0.717) is 24.3 Å². The normalized spacial score (nSPS) is 13.6. The number of alkyl halides is 2. The Labute approximate surface area is 514 Å². The van der Waals surface area contributed by atoms with Gasteiger partial charge in [0.05, 0.1) is 44.8 Å². The van der Waals surface area contributed by atoms with Crippen molar-refractivity contribution >= 4 is 147 Å². The molecule has 0 aliphatic heterocycles. The number of hydrogen-bond acceptors (Lipinski definition) is 21. The first-order valence-corrected chi connectivity index (χ1v) is 28.2. The molecule has 0 spiro atoms. The van der Waals surface area contributed by atoms with Crippen LogP contribution in [0.2, 0.25) is 5.28 Å². The van der Waals surface area contributed by atoms with Gasteiger partial charge in [-0.25, -0.2) is 16.8 Å². The molecule has 0 bridgehead atoms. The molecular weight excluding hydrogens is 1210 g/mol. The number of aromatic nitrogens is 3. The Bertz CT molecular complexity index is 3380. The summed E-state index contributed by atoms with van der Waals surface area (Å²) in [4.78, 5) is 22.7. The van der Waals surface area contributed by atoms with E-state index in [1.165, 1.54) is 0 Å². The number of benzene rings is 3. The van der Waals surface area contributed by atoms with Crippen LogP contribution in [0.25, 0.3) is 16.8 Å². The third-order valence-electron chi connectivity index (χ3n) is 8.83. The molecule has 1 aromatic heterocycles. The summed E-state index contributed by atoms with van der Waals surface area (Å²) in [7, 11) is -29.0. The van der Waals surface area contributed by atoms with Gasteiger partial charge in [0.25, 0.3) is 40.5 Å². The molecule has 3 aromatic carbocycles. The number of nitrogens with one attached hydrogen (secondary N) is 2. The second kappa shape index (κ2) is 27.5. The number of ketones is 1. The molecule has 0 amide bonds. The second-order valence-corrected chi connectivity index (χ2v) is 24.5. The monoisotopic (exact) mass is 1240 g/mol. The van der Waals surface area contributed by atoms with Crippen LogP contribution in [0, 0.1) is 0 Å². The van der Waals surface area contributed by atoms with Gasteiger partial charge in [-0.15, -0.1) is 23.2 Å². The predicted molar refractivity (Wildman–Crippen MR) is 235 cm³/mol. The molecule has 39 heteroatoms. The summed E-state index contributed by atoms with van der Waals surface area (Å²) in [5, 5.41) is 15.0. The van der Waals surface area contributed by atoms with Crippen molar-refractivity contribution in [1.29, 1.82) is 0 Å². The summed E-state index contributed by atoms with van der Waals surface area (Å²) < 4.78 is 189. The number of aromatic hydroxyl groups is 1. The largest absolute Gasteiger partial charge is 1.00 e. The minimum atomic E-state index is -5.57. The molecule has 365 valence electrons. The van der Waals surface area contributed by atoms with Gasteiger partial charge >= 0.3 is 118 Å². The van der Waals surface area contributed by atoms with Crippen LogP contribution in [-0.2, 0) is 77.2 Å². The SMILES string of the molecule is O=C1C(=NNc2cc(S(=O)(=O)O)c3cccc(S(=O)(=O)O)c3c2O)C(S(=O)(=O)O)=Cc2cc(S(=O)(=O)O)cc(Nc3nc(Cl)nc(N(CCS(=O)(=O)CCCl)CCS(=O)(=O)CCCl)n3)c21.[Cu].[Na+].[Na+].[Na+].[Na+]. The molecule has 0 saturated heterocycles. The predicted octanol–water partition coefficient (Wildman–Crippen LogP) is -10.1. The van der Waals surface area contributed by atoms with Crippen molar-refractivity contribution in [3.63, 3.8) is 0 Å². The van der Waals surface area contributed by atoms with Crippen LogP contribution in [0.15, 0.2) is 61.1 Å². The van der Waals surface area contributed by atoms with Gasteiger partial charge in [-0.05, 0) is 47.5 Å². The number of allylic oxidation sites excluding steroid dienone is 1. The van der Waals surface area contributed by atoms with Crippen molar-refractivity contribution in [3.8, 4) is 5.75 Å². The summed E-state index contributed by atoms with van der Waals surface area (Å²) in [5.74, 6) is -6.54. The number of hydrazone groups is 1. The third kappa shape index (κ3) is 17.9. The van der Waals surface area contributed by atoms with E-state index >= 15 is 0 Å². The van der Waals surface area contributed by atoms with E-state index in [1.54, 1.807) is 0 Å². The molecule has 1 aliphatic rings. The van der Waals surface area contributed by atoms with E-state index in [2.05, 4.69) is 25.4 Å². The Morgan fingerprint density at radius 2 is 1.21 bits per heavy atom. The number of phenols is 1. The van der Waals surface area contributed by atoms with Crippen molar-refractivity contribution in [1.82, 2.24) is 15.0 Å². The van der Waals surface area contributed by atoms with E-state index in [-0.39, 0.29) is 147 Å². The summed E-state index contributed by atoms with van der Waals surface area (Å²) in [6, 6.07) is 4.28. The molecule has 0 saturated carbocycles. The first kappa shape index (κ1) is 70.1. The maximum absolute atomic E-state index is 14.3. The molecule has 1 aliphatic carbocycles. The first-order chi connectivity index (χ1) is 29.9. The van der Waals surface area contributed by atoms with E-state index in [9.17, 15) is 78.6 Å². The summed E-state index contributed by atoms with van der Waals surface area (Å²) >= 11 is 17.4. The number of anilines is 4. The number of halogens is 3. The molecule has 0 fully saturated rings. The maximum Gasteiger partial charge on any atom is 1.00 e.